The van der Waals surface area contributed by atoms with Gasteiger partial charge in [0, 0.05) is 38.0 Å². The van der Waals surface area contributed by atoms with Gasteiger partial charge >= 0.3 is 0 Å². The molecular weight excluding hydrogens is 335 g/mol. The summed E-state index contributed by atoms with van der Waals surface area (Å²) in [5, 5.41) is 7.33. The predicted molar refractivity (Wildman–Crippen MR) is 88.8 cm³/mol. The summed E-state index contributed by atoms with van der Waals surface area (Å²) in [6.07, 6.45) is 0.638. The molecule has 1 N–H and O–H groups in total. The summed E-state index contributed by atoms with van der Waals surface area (Å²) in [6.45, 7) is 2.66. The van der Waals surface area contributed by atoms with Crippen LogP contribution in [0.3, 0.4) is 0 Å². The number of aryl methyl sites for hydroxylation is 1. The van der Waals surface area contributed by atoms with E-state index in [1.54, 1.807) is 0 Å². The SMILES string of the molecule is CN1CCNCC1c1noc(CCC(=O)c2ccc(F)cc2)n1.Cl. The number of nitrogens with one attached hydrogen (secondary N) is 1. The van der Waals surface area contributed by atoms with Gasteiger partial charge in [0.2, 0.25) is 5.89 Å². The van der Waals surface area contributed by atoms with Gasteiger partial charge in [0.15, 0.2) is 11.6 Å². The lowest BCUT2D eigenvalue weighted by Gasteiger charge is -2.30. The largest absolute Gasteiger partial charge is 0.339 e. The predicted octanol–water partition coefficient (Wildman–Crippen LogP) is 2.02. The number of carbonyl (C=O) groups excluding carboxylic acids is 1. The summed E-state index contributed by atoms with van der Waals surface area (Å²) in [5.41, 5.74) is 0.488. The molecule has 3 rings (SSSR count). The number of carbonyl (C=O) groups is 1. The van der Waals surface area contributed by atoms with Crippen molar-refractivity contribution in [3.05, 3.63) is 47.4 Å². The maximum atomic E-state index is 12.9. The molecule has 6 nitrogen and oxygen atoms in total. The molecule has 0 spiro atoms. The Morgan fingerprint density at radius 2 is 2.17 bits per heavy atom. The van der Waals surface area contributed by atoms with Gasteiger partial charge in [-0.25, -0.2) is 4.39 Å². The molecule has 1 aliphatic heterocycles. The van der Waals surface area contributed by atoms with Crippen molar-refractivity contribution in [1.29, 1.82) is 0 Å². The van der Waals surface area contributed by atoms with Gasteiger partial charge in [-0.3, -0.25) is 9.69 Å². The van der Waals surface area contributed by atoms with Crippen molar-refractivity contribution < 1.29 is 13.7 Å². The van der Waals surface area contributed by atoms with E-state index in [2.05, 4.69) is 20.4 Å². The average molecular weight is 355 g/mol. The maximum Gasteiger partial charge on any atom is 0.227 e. The summed E-state index contributed by atoms with van der Waals surface area (Å²) in [4.78, 5) is 18.6. The molecule has 130 valence electrons. The van der Waals surface area contributed by atoms with Crippen LogP contribution in [0.4, 0.5) is 4.39 Å². The normalized spacial score (nSPS) is 18.2. The van der Waals surface area contributed by atoms with Gasteiger partial charge in [-0.2, -0.15) is 4.98 Å². The van der Waals surface area contributed by atoms with Gasteiger partial charge in [0.05, 0.1) is 6.04 Å². The average Bonchev–Trinajstić information content (AvgIpc) is 3.02. The molecule has 2 aromatic rings. The fourth-order valence-corrected chi connectivity index (χ4v) is 2.60. The van der Waals surface area contributed by atoms with Gasteiger partial charge in [-0.05, 0) is 31.3 Å². The number of aromatic nitrogens is 2. The molecule has 1 aliphatic rings. The quantitative estimate of drug-likeness (QED) is 0.828. The Hall–Kier alpha value is -1.83. The lowest BCUT2D eigenvalue weighted by Crippen LogP contribution is -2.44. The van der Waals surface area contributed by atoms with E-state index in [0.29, 0.717) is 23.7 Å². The number of likely N-dealkylation sites (N-methyl/N-ethyl adjacent to an activating group) is 1. The molecule has 0 bridgehead atoms. The second-order valence-corrected chi connectivity index (χ2v) is 5.68. The van der Waals surface area contributed by atoms with Crippen LogP contribution in [0.15, 0.2) is 28.8 Å². The molecule has 2 heterocycles. The number of hydrogen-bond acceptors (Lipinski definition) is 6. The van der Waals surface area contributed by atoms with Crippen LogP contribution >= 0.6 is 12.4 Å². The van der Waals surface area contributed by atoms with E-state index in [-0.39, 0.29) is 36.5 Å². The molecule has 1 atom stereocenters. The van der Waals surface area contributed by atoms with Crippen molar-refractivity contribution in [2.24, 2.45) is 0 Å². The molecular formula is C16H20ClFN4O2. The first-order chi connectivity index (χ1) is 11.1. The van der Waals surface area contributed by atoms with Crippen molar-refractivity contribution >= 4 is 18.2 Å². The van der Waals surface area contributed by atoms with Crippen molar-refractivity contribution in [3.63, 3.8) is 0 Å². The molecule has 8 heteroatoms. The van der Waals surface area contributed by atoms with Crippen LogP contribution in [0.5, 0.6) is 0 Å². The van der Waals surface area contributed by atoms with Crippen LogP contribution < -0.4 is 5.32 Å². The number of Topliss-reactive ketones (excluding diaryl/α,β-unsaturated/α-hetero) is 1. The van der Waals surface area contributed by atoms with Gasteiger partial charge in [0.1, 0.15) is 5.82 Å². The number of halogens is 2. The van der Waals surface area contributed by atoms with Crippen LogP contribution in [-0.2, 0) is 6.42 Å². The van der Waals surface area contributed by atoms with Crippen LogP contribution in [0.1, 0.15) is 34.5 Å². The molecule has 0 radical (unpaired) electrons. The fourth-order valence-electron chi connectivity index (χ4n) is 2.60. The number of hydrogen-bond donors (Lipinski definition) is 1. The zero-order valence-electron chi connectivity index (χ0n) is 13.4. The molecule has 1 aromatic carbocycles. The van der Waals surface area contributed by atoms with Crippen LogP contribution in [0, 0.1) is 5.82 Å². The van der Waals surface area contributed by atoms with Crippen molar-refractivity contribution in [2.75, 3.05) is 26.7 Å². The van der Waals surface area contributed by atoms with E-state index in [0.717, 1.165) is 19.6 Å². The zero-order chi connectivity index (χ0) is 16.2. The minimum atomic E-state index is -0.353. The van der Waals surface area contributed by atoms with Gasteiger partial charge < -0.3 is 9.84 Å². The summed E-state index contributed by atoms with van der Waals surface area (Å²) in [6, 6.07) is 5.63. The second-order valence-electron chi connectivity index (χ2n) is 5.68. The molecule has 24 heavy (non-hydrogen) atoms. The zero-order valence-corrected chi connectivity index (χ0v) is 14.2. The first kappa shape index (κ1) is 18.5. The Morgan fingerprint density at radius 1 is 1.42 bits per heavy atom. The highest BCUT2D eigenvalue weighted by Gasteiger charge is 2.25. The number of benzene rings is 1. The summed E-state index contributed by atoms with van der Waals surface area (Å²) < 4.78 is 18.1. The van der Waals surface area contributed by atoms with E-state index >= 15 is 0 Å². The van der Waals surface area contributed by atoms with Crippen LogP contribution in [0.2, 0.25) is 0 Å². The van der Waals surface area contributed by atoms with E-state index in [9.17, 15) is 9.18 Å². The van der Waals surface area contributed by atoms with Gasteiger partial charge in [0.25, 0.3) is 0 Å². The van der Waals surface area contributed by atoms with Gasteiger partial charge in [-0.1, -0.05) is 5.16 Å². The second kappa shape index (κ2) is 8.32. The number of nitrogens with zero attached hydrogens (tertiary/aromatic N) is 3. The Labute approximate surface area is 145 Å². The van der Waals surface area contributed by atoms with Crippen molar-refractivity contribution in [1.82, 2.24) is 20.4 Å². The van der Waals surface area contributed by atoms with E-state index in [4.69, 9.17) is 4.52 Å². The molecule has 0 amide bonds. The number of ketones is 1. The Bertz CT molecular complexity index is 677. The monoisotopic (exact) mass is 354 g/mol. The highest BCUT2D eigenvalue weighted by Crippen LogP contribution is 2.18. The number of piperazine rings is 1. The molecule has 1 unspecified atom stereocenters. The highest BCUT2D eigenvalue weighted by atomic mass is 35.5. The third-order valence-corrected chi connectivity index (χ3v) is 4.02. The Morgan fingerprint density at radius 3 is 2.88 bits per heavy atom. The minimum absolute atomic E-state index is 0. The topological polar surface area (TPSA) is 71.3 Å². The molecule has 1 saturated heterocycles. The van der Waals surface area contributed by atoms with E-state index in [1.165, 1.54) is 24.3 Å². The Balaban J connectivity index is 0.00000208. The van der Waals surface area contributed by atoms with E-state index < -0.39 is 0 Å². The van der Waals surface area contributed by atoms with Crippen LogP contribution in [-0.4, -0.2) is 47.5 Å². The first-order valence-electron chi connectivity index (χ1n) is 7.65. The van der Waals surface area contributed by atoms with Crippen molar-refractivity contribution in [2.45, 2.75) is 18.9 Å². The highest BCUT2D eigenvalue weighted by molar-refractivity contribution is 5.96. The fraction of sp³-hybridized carbons (Fsp3) is 0.438. The van der Waals surface area contributed by atoms with Crippen molar-refractivity contribution in [3.8, 4) is 0 Å². The standard InChI is InChI=1S/C16H19FN4O2.ClH/c1-21-9-8-18-10-13(21)16-19-15(23-20-16)7-6-14(22)11-2-4-12(17)5-3-11;/h2-5,13,18H,6-10H2,1H3;1H. The third kappa shape index (κ3) is 4.37. The first-order valence-corrected chi connectivity index (χ1v) is 7.65. The molecule has 0 aliphatic carbocycles. The molecule has 1 aromatic heterocycles. The summed E-state index contributed by atoms with van der Waals surface area (Å²) >= 11 is 0. The molecule has 0 saturated carbocycles. The third-order valence-electron chi connectivity index (χ3n) is 4.02. The smallest absolute Gasteiger partial charge is 0.227 e. The van der Waals surface area contributed by atoms with E-state index in [1.807, 2.05) is 7.05 Å². The van der Waals surface area contributed by atoms with Crippen LogP contribution in [0.25, 0.3) is 0 Å². The minimum Gasteiger partial charge on any atom is -0.339 e. The lowest BCUT2D eigenvalue weighted by molar-refractivity contribution is 0.0979. The summed E-state index contributed by atoms with van der Waals surface area (Å²) in [7, 11) is 2.03. The summed E-state index contributed by atoms with van der Waals surface area (Å²) in [5.74, 6) is 0.674. The molecule has 1 fully saturated rings. The lowest BCUT2D eigenvalue weighted by atomic mass is 10.1. The maximum absolute atomic E-state index is 12.9. The van der Waals surface area contributed by atoms with Gasteiger partial charge in [-0.15, -0.1) is 12.4 Å². The number of rotatable bonds is 5. The Kier molecular flexibility index (Phi) is 6.42.